The molecule has 0 saturated carbocycles. The Bertz CT molecular complexity index is 918. The number of rotatable bonds is 7. The van der Waals surface area contributed by atoms with Gasteiger partial charge < -0.3 is 19.5 Å². The van der Waals surface area contributed by atoms with Gasteiger partial charge in [-0.3, -0.25) is 4.79 Å². The van der Waals surface area contributed by atoms with Crippen molar-refractivity contribution in [3.63, 3.8) is 0 Å². The molecule has 0 spiro atoms. The molecule has 0 radical (unpaired) electrons. The van der Waals surface area contributed by atoms with Gasteiger partial charge in [-0.2, -0.15) is 0 Å². The predicted octanol–water partition coefficient (Wildman–Crippen LogP) is 3.90. The number of ketones is 1. The first-order chi connectivity index (χ1) is 14.1. The summed E-state index contributed by atoms with van der Waals surface area (Å²) in [6.07, 6.45) is -0.542. The number of alkyl carbamates (subject to hydrolysis) is 1. The van der Waals surface area contributed by atoms with Gasteiger partial charge in [-0.15, -0.1) is 0 Å². The highest BCUT2D eigenvalue weighted by Crippen LogP contribution is 2.18. The molecule has 0 bridgehead atoms. The summed E-state index contributed by atoms with van der Waals surface area (Å²) in [5, 5.41) is 2.61. The maximum atomic E-state index is 13.7. The minimum atomic E-state index is -0.691. The van der Waals surface area contributed by atoms with Crippen molar-refractivity contribution in [2.45, 2.75) is 32.9 Å². The molecule has 0 unspecified atom stereocenters. The molecule has 7 nitrogen and oxygen atoms in total. The molecular formula is C22H24FNO6. The van der Waals surface area contributed by atoms with E-state index < -0.39 is 35.9 Å². The largest absolute Gasteiger partial charge is 0.494 e. The maximum absolute atomic E-state index is 13.7. The number of esters is 1. The molecule has 2 rings (SSSR count). The number of amides is 1. The van der Waals surface area contributed by atoms with Crippen molar-refractivity contribution < 1.29 is 33.0 Å². The second-order valence-electron chi connectivity index (χ2n) is 7.40. The van der Waals surface area contributed by atoms with Gasteiger partial charge in [0.2, 0.25) is 0 Å². The zero-order chi connectivity index (χ0) is 22.3. The fourth-order valence-corrected chi connectivity index (χ4v) is 2.38. The minimum absolute atomic E-state index is 0.0183. The summed E-state index contributed by atoms with van der Waals surface area (Å²) in [7, 11) is 1.32. The molecule has 0 atom stereocenters. The highest BCUT2D eigenvalue weighted by Gasteiger charge is 2.16. The molecule has 0 heterocycles. The van der Waals surface area contributed by atoms with Crippen LogP contribution in [-0.2, 0) is 16.0 Å². The summed E-state index contributed by atoms with van der Waals surface area (Å²) in [5.74, 6) is -1.89. The van der Waals surface area contributed by atoms with Crippen LogP contribution in [0.4, 0.5) is 9.18 Å². The lowest BCUT2D eigenvalue weighted by atomic mass is 10.1. The van der Waals surface area contributed by atoms with E-state index in [2.05, 4.69) is 5.32 Å². The van der Waals surface area contributed by atoms with Crippen LogP contribution in [0.5, 0.6) is 5.75 Å². The molecule has 0 aliphatic rings. The number of ether oxygens (including phenoxy) is 3. The monoisotopic (exact) mass is 417 g/mol. The topological polar surface area (TPSA) is 90.9 Å². The molecule has 0 aliphatic heterocycles. The number of benzene rings is 2. The van der Waals surface area contributed by atoms with Crippen molar-refractivity contribution in [3.8, 4) is 5.75 Å². The van der Waals surface area contributed by atoms with E-state index >= 15 is 0 Å². The summed E-state index contributed by atoms with van der Waals surface area (Å²) in [6, 6.07) is 10.1. The number of Topliss-reactive ketones (excluding diaryl/α,β-unsaturated/α-hetero) is 1. The lowest BCUT2D eigenvalue weighted by molar-refractivity contribution is 0.0473. The van der Waals surface area contributed by atoms with Crippen LogP contribution >= 0.6 is 0 Å². The summed E-state index contributed by atoms with van der Waals surface area (Å²) in [5.41, 5.74) is 0.476. The van der Waals surface area contributed by atoms with Gasteiger partial charge in [-0.25, -0.2) is 14.0 Å². The Labute approximate surface area is 174 Å². The lowest BCUT2D eigenvalue weighted by Crippen LogP contribution is -2.32. The number of halogens is 1. The lowest BCUT2D eigenvalue weighted by Gasteiger charge is -2.19. The standard InChI is InChI=1S/C22H24FNO6/c1-22(2,3)30-21(27)24-12-14-5-7-15(8-6-14)20(26)29-13-18(25)16-9-10-19(28-4)17(23)11-16/h5-11H,12-13H2,1-4H3,(H,24,27). The second-order valence-corrected chi connectivity index (χ2v) is 7.40. The summed E-state index contributed by atoms with van der Waals surface area (Å²) in [4.78, 5) is 35.9. The molecule has 0 fully saturated rings. The third-order valence-electron chi connectivity index (χ3n) is 3.83. The maximum Gasteiger partial charge on any atom is 0.407 e. The van der Waals surface area contributed by atoms with Gasteiger partial charge in [-0.05, 0) is 56.7 Å². The van der Waals surface area contributed by atoms with Crippen molar-refractivity contribution in [1.29, 1.82) is 0 Å². The molecule has 2 aromatic carbocycles. The molecule has 0 saturated heterocycles. The Morgan fingerprint density at radius 3 is 2.20 bits per heavy atom. The van der Waals surface area contributed by atoms with Crippen molar-refractivity contribution >= 4 is 17.8 Å². The quantitative estimate of drug-likeness (QED) is 0.543. The first kappa shape index (κ1) is 22.9. The van der Waals surface area contributed by atoms with Gasteiger partial charge in [0.15, 0.2) is 24.0 Å². The van der Waals surface area contributed by atoms with Crippen molar-refractivity contribution in [2.24, 2.45) is 0 Å². The van der Waals surface area contributed by atoms with Crippen LogP contribution in [0.2, 0.25) is 0 Å². The van der Waals surface area contributed by atoms with Crippen molar-refractivity contribution in [2.75, 3.05) is 13.7 Å². The van der Waals surface area contributed by atoms with Crippen LogP contribution in [-0.4, -0.2) is 37.2 Å². The van der Waals surface area contributed by atoms with E-state index in [0.717, 1.165) is 11.6 Å². The molecule has 1 N–H and O–H groups in total. The first-order valence-corrected chi connectivity index (χ1v) is 9.18. The van der Waals surface area contributed by atoms with Gasteiger partial charge in [-0.1, -0.05) is 12.1 Å². The Morgan fingerprint density at radius 2 is 1.63 bits per heavy atom. The average molecular weight is 417 g/mol. The summed E-state index contributed by atoms with van der Waals surface area (Å²) in [6.45, 7) is 5.01. The Kier molecular flexibility index (Phi) is 7.52. The zero-order valence-electron chi connectivity index (χ0n) is 17.3. The smallest absolute Gasteiger partial charge is 0.407 e. The molecule has 160 valence electrons. The van der Waals surface area contributed by atoms with Crippen LogP contribution in [0.25, 0.3) is 0 Å². The van der Waals surface area contributed by atoms with Crippen LogP contribution in [0.1, 0.15) is 47.1 Å². The molecule has 8 heteroatoms. The van der Waals surface area contributed by atoms with Gasteiger partial charge >= 0.3 is 12.1 Å². The third kappa shape index (κ3) is 6.88. The van der Waals surface area contributed by atoms with Crippen LogP contribution in [0, 0.1) is 5.82 Å². The molecule has 0 aromatic heterocycles. The van der Waals surface area contributed by atoms with Crippen molar-refractivity contribution in [1.82, 2.24) is 5.32 Å². The van der Waals surface area contributed by atoms with Gasteiger partial charge in [0.25, 0.3) is 0 Å². The zero-order valence-corrected chi connectivity index (χ0v) is 17.3. The second kappa shape index (κ2) is 9.87. The van der Waals surface area contributed by atoms with Gasteiger partial charge in [0.1, 0.15) is 5.60 Å². The Hall–Kier alpha value is -3.42. The average Bonchev–Trinajstić information content (AvgIpc) is 2.69. The van der Waals surface area contributed by atoms with Gasteiger partial charge in [0, 0.05) is 12.1 Å². The Morgan fingerprint density at radius 1 is 1.00 bits per heavy atom. The SMILES string of the molecule is COc1ccc(C(=O)COC(=O)c2ccc(CNC(=O)OC(C)(C)C)cc2)cc1F. The minimum Gasteiger partial charge on any atom is -0.494 e. The van der Waals surface area contributed by atoms with E-state index in [-0.39, 0.29) is 23.4 Å². The van der Waals surface area contributed by atoms with Gasteiger partial charge in [0.05, 0.1) is 12.7 Å². The highest BCUT2D eigenvalue weighted by atomic mass is 19.1. The molecule has 1 amide bonds. The number of methoxy groups -OCH3 is 1. The van der Waals surface area contributed by atoms with Crippen LogP contribution < -0.4 is 10.1 Å². The van der Waals surface area contributed by atoms with Crippen LogP contribution in [0.3, 0.4) is 0 Å². The number of hydrogen-bond acceptors (Lipinski definition) is 6. The third-order valence-corrected chi connectivity index (χ3v) is 3.83. The first-order valence-electron chi connectivity index (χ1n) is 9.18. The summed E-state index contributed by atoms with van der Waals surface area (Å²) >= 11 is 0. The molecular weight excluding hydrogens is 393 g/mol. The number of carbonyl (C=O) groups excluding carboxylic acids is 3. The number of nitrogens with one attached hydrogen (secondary N) is 1. The fourth-order valence-electron chi connectivity index (χ4n) is 2.38. The number of hydrogen-bond donors (Lipinski definition) is 1. The molecule has 2 aromatic rings. The van der Waals surface area contributed by atoms with E-state index in [0.29, 0.717) is 0 Å². The van der Waals surface area contributed by atoms with Crippen molar-refractivity contribution in [3.05, 3.63) is 65.0 Å². The van der Waals surface area contributed by atoms with E-state index in [1.165, 1.54) is 31.4 Å². The van der Waals surface area contributed by atoms with E-state index in [1.807, 2.05) is 0 Å². The number of carbonyl (C=O) groups is 3. The predicted molar refractivity (Wildman–Crippen MR) is 107 cm³/mol. The normalized spacial score (nSPS) is 10.8. The fraction of sp³-hybridized carbons (Fsp3) is 0.318. The molecule has 0 aliphatic carbocycles. The van der Waals surface area contributed by atoms with E-state index in [9.17, 15) is 18.8 Å². The highest BCUT2D eigenvalue weighted by molar-refractivity contribution is 5.99. The van der Waals surface area contributed by atoms with Crippen LogP contribution in [0.15, 0.2) is 42.5 Å². The van der Waals surface area contributed by atoms with E-state index in [4.69, 9.17) is 14.2 Å². The van der Waals surface area contributed by atoms with E-state index in [1.54, 1.807) is 32.9 Å². The molecule has 30 heavy (non-hydrogen) atoms. The Balaban J connectivity index is 1.86. The summed E-state index contributed by atoms with van der Waals surface area (Å²) < 4.78 is 28.6.